The molecule has 2 N–H and O–H groups in total. The first-order valence-corrected chi connectivity index (χ1v) is 9.03. The molecular formula is C19H30N2O3. The zero-order chi connectivity index (χ0) is 17.1. The summed E-state index contributed by atoms with van der Waals surface area (Å²) < 4.78 is 5.32. The first-order valence-electron chi connectivity index (χ1n) is 9.03. The molecule has 5 nitrogen and oxygen atoms in total. The minimum absolute atomic E-state index is 0.156. The molecule has 0 aromatic heterocycles. The lowest BCUT2D eigenvalue weighted by atomic mass is 9.96. The van der Waals surface area contributed by atoms with Gasteiger partial charge >= 0.3 is 0 Å². The van der Waals surface area contributed by atoms with Crippen molar-refractivity contribution < 1.29 is 14.9 Å². The molecule has 1 aromatic rings. The predicted octanol–water partition coefficient (Wildman–Crippen LogP) is 1.40. The van der Waals surface area contributed by atoms with Gasteiger partial charge in [-0.15, -0.1) is 0 Å². The molecular weight excluding hydrogens is 304 g/mol. The number of aliphatic hydroxyl groups excluding tert-OH is 2. The molecule has 2 aliphatic rings. The molecule has 24 heavy (non-hydrogen) atoms. The standard InChI is InChI=1S/C19H30N2O3/c1-14-11-15(3-4-19(14)24-2)12-20-8-7-17(18(23)13-20)21-9-5-16(22)6-10-21/h3-4,11,16-18,22-23H,5-10,12-13H2,1-2H3/t17-,18-/m0/s1. The van der Waals surface area contributed by atoms with Crippen LogP contribution < -0.4 is 4.74 Å². The Balaban J connectivity index is 1.54. The van der Waals surface area contributed by atoms with Gasteiger partial charge < -0.3 is 14.9 Å². The van der Waals surface area contributed by atoms with E-state index in [-0.39, 0.29) is 18.2 Å². The summed E-state index contributed by atoms with van der Waals surface area (Å²) in [5, 5.41) is 20.3. The minimum atomic E-state index is -0.312. The van der Waals surface area contributed by atoms with Crippen molar-refractivity contribution in [2.45, 2.75) is 51.0 Å². The van der Waals surface area contributed by atoms with Crippen molar-refractivity contribution in [1.82, 2.24) is 9.80 Å². The van der Waals surface area contributed by atoms with Gasteiger partial charge in [0.1, 0.15) is 5.75 Å². The number of ether oxygens (including phenoxy) is 1. The summed E-state index contributed by atoms with van der Waals surface area (Å²) in [6.07, 6.45) is 2.19. The minimum Gasteiger partial charge on any atom is -0.496 e. The predicted molar refractivity (Wildman–Crippen MR) is 94.2 cm³/mol. The third-order valence-electron chi connectivity index (χ3n) is 5.46. The third kappa shape index (κ3) is 4.09. The Kier molecular flexibility index (Phi) is 5.76. The number of likely N-dealkylation sites (tertiary alicyclic amines) is 2. The quantitative estimate of drug-likeness (QED) is 0.872. The van der Waals surface area contributed by atoms with Crippen LogP contribution in [0.4, 0.5) is 0 Å². The number of aryl methyl sites for hydroxylation is 1. The zero-order valence-corrected chi connectivity index (χ0v) is 14.8. The summed E-state index contributed by atoms with van der Waals surface area (Å²) in [5.74, 6) is 0.921. The molecule has 0 radical (unpaired) electrons. The van der Waals surface area contributed by atoms with Crippen LogP contribution in [0.1, 0.15) is 30.4 Å². The van der Waals surface area contributed by atoms with Crippen molar-refractivity contribution in [3.05, 3.63) is 29.3 Å². The van der Waals surface area contributed by atoms with Crippen molar-refractivity contribution in [2.75, 3.05) is 33.3 Å². The van der Waals surface area contributed by atoms with Crippen LogP contribution in [0, 0.1) is 6.92 Å². The van der Waals surface area contributed by atoms with E-state index in [2.05, 4.69) is 28.9 Å². The van der Waals surface area contributed by atoms with E-state index in [0.717, 1.165) is 63.3 Å². The van der Waals surface area contributed by atoms with Crippen LogP contribution in [-0.4, -0.2) is 71.6 Å². The molecule has 3 rings (SSSR count). The number of piperidine rings is 2. The lowest BCUT2D eigenvalue weighted by Crippen LogP contribution is -2.55. The Morgan fingerprint density at radius 2 is 1.88 bits per heavy atom. The molecule has 2 saturated heterocycles. The molecule has 0 saturated carbocycles. The second-order valence-corrected chi connectivity index (χ2v) is 7.23. The Morgan fingerprint density at radius 1 is 1.12 bits per heavy atom. The zero-order valence-electron chi connectivity index (χ0n) is 14.8. The number of methoxy groups -OCH3 is 1. The van der Waals surface area contributed by atoms with Gasteiger partial charge in [-0.3, -0.25) is 9.80 Å². The van der Waals surface area contributed by atoms with Crippen molar-refractivity contribution >= 4 is 0 Å². The fourth-order valence-electron chi connectivity index (χ4n) is 4.07. The topological polar surface area (TPSA) is 56.2 Å². The number of hydrogen-bond donors (Lipinski definition) is 2. The van der Waals surface area contributed by atoms with Crippen molar-refractivity contribution in [1.29, 1.82) is 0 Å². The highest BCUT2D eigenvalue weighted by Gasteiger charge is 2.33. The van der Waals surface area contributed by atoms with Gasteiger partial charge in [0.15, 0.2) is 0 Å². The Morgan fingerprint density at radius 3 is 2.50 bits per heavy atom. The Hall–Kier alpha value is -1.14. The molecule has 5 heteroatoms. The SMILES string of the molecule is COc1ccc(CN2CC[C@H](N3CCC(O)CC3)[C@@H](O)C2)cc1C. The van der Waals surface area contributed by atoms with Gasteiger partial charge in [0, 0.05) is 38.8 Å². The molecule has 0 bridgehead atoms. The van der Waals surface area contributed by atoms with Gasteiger partial charge in [-0.2, -0.15) is 0 Å². The van der Waals surface area contributed by atoms with E-state index >= 15 is 0 Å². The summed E-state index contributed by atoms with van der Waals surface area (Å²) in [6, 6.07) is 6.54. The third-order valence-corrected chi connectivity index (χ3v) is 5.46. The fraction of sp³-hybridized carbons (Fsp3) is 0.684. The van der Waals surface area contributed by atoms with E-state index < -0.39 is 0 Å². The fourth-order valence-corrected chi connectivity index (χ4v) is 4.07. The van der Waals surface area contributed by atoms with Crippen LogP contribution in [0.3, 0.4) is 0 Å². The number of β-amino-alcohol motifs (C(OH)–C–C–N with tert-alkyl or cyclic N) is 1. The van der Waals surface area contributed by atoms with Gasteiger partial charge in [0.05, 0.1) is 19.3 Å². The molecule has 0 amide bonds. The summed E-state index contributed by atoms with van der Waals surface area (Å²) in [5.41, 5.74) is 2.41. The van der Waals surface area contributed by atoms with Gasteiger partial charge in [-0.25, -0.2) is 0 Å². The van der Waals surface area contributed by atoms with Crippen LogP contribution in [0.5, 0.6) is 5.75 Å². The van der Waals surface area contributed by atoms with Crippen LogP contribution >= 0.6 is 0 Å². The summed E-state index contributed by atoms with van der Waals surface area (Å²) >= 11 is 0. The Bertz CT molecular complexity index is 543. The first-order chi connectivity index (χ1) is 11.6. The maximum absolute atomic E-state index is 10.6. The van der Waals surface area contributed by atoms with Crippen LogP contribution in [0.15, 0.2) is 18.2 Å². The van der Waals surface area contributed by atoms with Crippen molar-refractivity contribution in [3.63, 3.8) is 0 Å². The lowest BCUT2D eigenvalue weighted by molar-refractivity contribution is -0.0355. The monoisotopic (exact) mass is 334 g/mol. The van der Waals surface area contributed by atoms with E-state index in [9.17, 15) is 10.2 Å². The van der Waals surface area contributed by atoms with Gasteiger partial charge in [-0.1, -0.05) is 12.1 Å². The van der Waals surface area contributed by atoms with E-state index in [4.69, 9.17) is 4.74 Å². The van der Waals surface area contributed by atoms with Gasteiger partial charge in [0.25, 0.3) is 0 Å². The van der Waals surface area contributed by atoms with E-state index in [1.54, 1.807) is 7.11 Å². The maximum atomic E-state index is 10.6. The number of rotatable bonds is 4. The van der Waals surface area contributed by atoms with Gasteiger partial charge in [-0.05, 0) is 43.4 Å². The van der Waals surface area contributed by atoms with E-state index in [0.29, 0.717) is 0 Å². The summed E-state index contributed by atoms with van der Waals surface area (Å²) in [7, 11) is 1.70. The normalized spacial score (nSPS) is 27.3. The first kappa shape index (κ1) is 17.7. The van der Waals surface area contributed by atoms with Crippen LogP contribution in [-0.2, 0) is 6.54 Å². The molecule has 2 aliphatic heterocycles. The molecule has 2 heterocycles. The van der Waals surface area contributed by atoms with Crippen LogP contribution in [0.2, 0.25) is 0 Å². The second-order valence-electron chi connectivity index (χ2n) is 7.23. The molecule has 2 atom stereocenters. The van der Waals surface area contributed by atoms with Crippen molar-refractivity contribution in [2.24, 2.45) is 0 Å². The average molecular weight is 334 g/mol. The lowest BCUT2D eigenvalue weighted by Gasteiger charge is -2.43. The highest BCUT2D eigenvalue weighted by Crippen LogP contribution is 2.24. The smallest absolute Gasteiger partial charge is 0.121 e. The molecule has 2 fully saturated rings. The molecule has 0 aliphatic carbocycles. The average Bonchev–Trinajstić information content (AvgIpc) is 2.56. The number of nitrogens with zero attached hydrogens (tertiary/aromatic N) is 2. The molecule has 134 valence electrons. The van der Waals surface area contributed by atoms with E-state index in [1.807, 2.05) is 6.07 Å². The summed E-state index contributed by atoms with van der Waals surface area (Å²) in [6.45, 7) is 6.46. The number of hydrogen-bond acceptors (Lipinski definition) is 5. The van der Waals surface area contributed by atoms with Crippen molar-refractivity contribution in [3.8, 4) is 5.75 Å². The van der Waals surface area contributed by atoms with Gasteiger partial charge in [0.2, 0.25) is 0 Å². The summed E-state index contributed by atoms with van der Waals surface area (Å²) in [4.78, 5) is 4.70. The maximum Gasteiger partial charge on any atom is 0.121 e. The number of benzene rings is 1. The second kappa shape index (κ2) is 7.83. The number of aliphatic hydroxyl groups is 2. The highest BCUT2D eigenvalue weighted by molar-refractivity contribution is 5.36. The Labute approximate surface area is 144 Å². The molecule has 1 aromatic carbocycles. The molecule has 0 unspecified atom stereocenters. The molecule has 0 spiro atoms. The van der Waals surface area contributed by atoms with Crippen LogP contribution in [0.25, 0.3) is 0 Å². The van der Waals surface area contributed by atoms with E-state index in [1.165, 1.54) is 5.56 Å². The largest absolute Gasteiger partial charge is 0.496 e. The highest BCUT2D eigenvalue weighted by atomic mass is 16.5.